The Labute approximate surface area is 158 Å². The second-order valence-electron chi connectivity index (χ2n) is 6.65. The van der Waals surface area contributed by atoms with Crippen LogP contribution in [0, 0.1) is 5.92 Å². The third-order valence-corrected chi connectivity index (χ3v) is 4.77. The molecule has 1 amide bonds. The Morgan fingerprint density at radius 2 is 1.96 bits per heavy atom. The lowest BCUT2D eigenvalue weighted by Crippen LogP contribution is -2.41. The van der Waals surface area contributed by atoms with E-state index >= 15 is 0 Å². The van der Waals surface area contributed by atoms with Gasteiger partial charge in [-0.3, -0.25) is 4.79 Å². The van der Waals surface area contributed by atoms with Crippen LogP contribution in [0.5, 0.6) is 0 Å². The van der Waals surface area contributed by atoms with Gasteiger partial charge in [0.15, 0.2) is 11.5 Å². The maximum absolute atomic E-state index is 12.7. The average molecular weight is 390 g/mol. The molecule has 1 saturated heterocycles. The van der Waals surface area contributed by atoms with Gasteiger partial charge < -0.3 is 15.2 Å². The summed E-state index contributed by atoms with van der Waals surface area (Å²) in [5.74, 6) is 0.165. The SMILES string of the molecule is O=C(Nc1ccc(C(F)(F)F)cc1)[C@H]1CCCN(c2ncnc3nc[nH]c23)C1. The quantitative estimate of drug-likeness (QED) is 0.717. The Morgan fingerprint density at radius 1 is 1.18 bits per heavy atom. The van der Waals surface area contributed by atoms with Gasteiger partial charge in [-0.15, -0.1) is 0 Å². The molecule has 1 aliphatic rings. The number of alkyl halides is 3. The van der Waals surface area contributed by atoms with Crippen molar-refractivity contribution in [3.63, 3.8) is 0 Å². The molecule has 4 rings (SSSR count). The minimum atomic E-state index is -4.40. The van der Waals surface area contributed by atoms with Crippen LogP contribution >= 0.6 is 0 Å². The van der Waals surface area contributed by atoms with E-state index in [1.165, 1.54) is 18.5 Å². The molecule has 1 fully saturated rings. The number of carbonyl (C=O) groups is 1. The van der Waals surface area contributed by atoms with Crippen molar-refractivity contribution in [3.8, 4) is 0 Å². The smallest absolute Gasteiger partial charge is 0.354 e. The van der Waals surface area contributed by atoms with Crippen LogP contribution in [0.15, 0.2) is 36.9 Å². The third-order valence-electron chi connectivity index (χ3n) is 4.77. The normalized spacial score (nSPS) is 17.7. The fourth-order valence-electron chi connectivity index (χ4n) is 3.36. The second kappa shape index (κ2) is 7.10. The van der Waals surface area contributed by atoms with Gasteiger partial charge in [-0.2, -0.15) is 13.2 Å². The summed E-state index contributed by atoms with van der Waals surface area (Å²) in [5.41, 5.74) is 0.863. The van der Waals surface area contributed by atoms with Crippen molar-refractivity contribution in [3.05, 3.63) is 42.5 Å². The molecule has 1 atom stereocenters. The zero-order valence-electron chi connectivity index (χ0n) is 14.7. The Kier molecular flexibility index (Phi) is 4.62. The van der Waals surface area contributed by atoms with Gasteiger partial charge in [-0.25, -0.2) is 15.0 Å². The summed E-state index contributed by atoms with van der Waals surface area (Å²) in [6.45, 7) is 1.20. The molecule has 3 heterocycles. The summed E-state index contributed by atoms with van der Waals surface area (Å²) in [6, 6.07) is 4.44. The number of aromatic nitrogens is 4. The maximum Gasteiger partial charge on any atom is 0.416 e. The molecule has 28 heavy (non-hydrogen) atoms. The summed E-state index contributed by atoms with van der Waals surface area (Å²) < 4.78 is 38.0. The van der Waals surface area contributed by atoms with E-state index in [4.69, 9.17) is 0 Å². The van der Waals surface area contributed by atoms with E-state index in [0.717, 1.165) is 25.1 Å². The number of fused-ring (bicyclic) bond motifs is 1. The Hall–Kier alpha value is -3.17. The van der Waals surface area contributed by atoms with Crippen LogP contribution in [-0.2, 0) is 11.0 Å². The van der Waals surface area contributed by atoms with Crippen molar-refractivity contribution in [1.29, 1.82) is 0 Å². The summed E-state index contributed by atoms with van der Waals surface area (Å²) in [4.78, 5) is 30.2. The van der Waals surface area contributed by atoms with Crippen molar-refractivity contribution >= 4 is 28.6 Å². The summed E-state index contributed by atoms with van der Waals surface area (Å²) in [6.07, 6.45) is 0.0683. The fraction of sp³-hybridized carbons (Fsp3) is 0.333. The molecule has 0 saturated carbocycles. The molecule has 2 N–H and O–H groups in total. The number of nitrogens with one attached hydrogen (secondary N) is 2. The van der Waals surface area contributed by atoms with Gasteiger partial charge in [-0.05, 0) is 37.1 Å². The lowest BCUT2D eigenvalue weighted by molar-refractivity contribution is -0.137. The Morgan fingerprint density at radius 3 is 2.71 bits per heavy atom. The van der Waals surface area contributed by atoms with Gasteiger partial charge in [0.2, 0.25) is 5.91 Å². The minimum absolute atomic E-state index is 0.223. The molecule has 1 aliphatic heterocycles. The predicted octanol–water partition coefficient (Wildman–Crippen LogP) is 3.23. The molecule has 3 aromatic rings. The van der Waals surface area contributed by atoms with Gasteiger partial charge in [0, 0.05) is 18.8 Å². The Bertz CT molecular complexity index is 985. The van der Waals surface area contributed by atoms with E-state index in [1.807, 2.05) is 4.90 Å². The number of halogens is 3. The number of piperidine rings is 1. The minimum Gasteiger partial charge on any atom is -0.354 e. The van der Waals surface area contributed by atoms with Gasteiger partial charge in [0.05, 0.1) is 17.8 Å². The molecule has 0 aliphatic carbocycles. The molecule has 146 valence electrons. The molecule has 0 spiro atoms. The number of hydrogen-bond acceptors (Lipinski definition) is 5. The van der Waals surface area contributed by atoms with E-state index in [9.17, 15) is 18.0 Å². The first-order valence-corrected chi connectivity index (χ1v) is 8.79. The zero-order valence-corrected chi connectivity index (χ0v) is 14.7. The van der Waals surface area contributed by atoms with Crippen LogP contribution in [0.2, 0.25) is 0 Å². The highest BCUT2D eigenvalue weighted by Gasteiger charge is 2.31. The standard InChI is InChI=1S/C18H17F3N6O/c19-18(20,21)12-3-5-13(6-4-12)26-17(28)11-2-1-7-27(8-11)16-14-15(23-9-22-14)24-10-25-16/h3-6,9-11H,1-2,7-8H2,(H,26,28)(H,22,23,24,25)/t11-/m0/s1. The van der Waals surface area contributed by atoms with Crippen molar-refractivity contribution < 1.29 is 18.0 Å². The van der Waals surface area contributed by atoms with Gasteiger partial charge in [0.1, 0.15) is 11.8 Å². The number of benzene rings is 1. The number of rotatable bonds is 3. The third kappa shape index (κ3) is 3.62. The Balaban J connectivity index is 1.46. The number of aromatic amines is 1. The van der Waals surface area contributed by atoms with Gasteiger partial charge >= 0.3 is 6.18 Å². The number of amides is 1. The van der Waals surface area contributed by atoms with Crippen molar-refractivity contribution in [2.45, 2.75) is 19.0 Å². The molecule has 0 unspecified atom stereocenters. The van der Waals surface area contributed by atoms with Crippen LogP contribution in [0.3, 0.4) is 0 Å². The number of H-pyrrole nitrogens is 1. The first-order valence-electron chi connectivity index (χ1n) is 8.79. The lowest BCUT2D eigenvalue weighted by Gasteiger charge is -2.32. The highest BCUT2D eigenvalue weighted by Crippen LogP contribution is 2.30. The van der Waals surface area contributed by atoms with E-state index < -0.39 is 11.7 Å². The fourth-order valence-corrected chi connectivity index (χ4v) is 3.36. The number of anilines is 2. The predicted molar refractivity (Wildman–Crippen MR) is 96.7 cm³/mol. The summed E-state index contributed by atoms with van der Waals surface area (Å²) >= 11 is 0. The summed E-state index contributed by atoms with van der Waals surface area (Å²) in [7, 11) is 0. The van der Waals surface area contributed by atoms with Crippen LogP contribution in [0.4, 0.5) is 24.7 Å². The molecule has 7 nitrogen and oxygen atoms in total. The van der Waals surface area contributed by atoms with E-state index in [2.05, 4.69) is 25.3 Å². The van der Waals surface area contributed by atoms with Crippen LogP contribution in [0.25, 0.3) is 11.2 Å². The average Bonchev–Trinajstić information content (AvgIpc) is 3.16. The van der Waals surface area contributed by atoms with E-state index in [1.54, 1.807) is 6.33 Å². The largest absolute Gasteiger partial charge is 0.416 e. The molecule has 2 aromatic heterocycles. The van der Waals surface area contributed by atoms with E-state index in [-0.39, 0.29) is 11.8 Å². The highest BCUT2D eigenvalue weighted by atomic mass is 19.4. The van der Waals surface area contributed by atoms with E-state index in [0.29, 0.717) is 35.6 Å². The van der Waals surface area contributed by atoms with Gasteiger partial charge in [-0.1, -0.05) is 0 Å². The molecule has 1 aromatic carbocycles. The first-order chi connectivity index (χ1) is 13.4. The molecular weight excluding hydrogens is 373 g/mol. The number of carbonyl (C=O) groups excluding carboxylic acids is 1. The first kappa shape index (κ1) is 18.2. The molecule has 10 heteroatoms. The monoisotopic (exact) mass is 390 g/mol. The number of hydrogen-bond donors (Lipinski definition) is 2. The van der Waals surface area contributed by atoms with Crippen LogP contribution in [0.1, 0.15) is 18.4 Å². The van der Waals surface area contributed by atoms with Crippen molar-refractivity contribution in [1.82, 2.24) is 19.9 Å². The molecule has 0 bridgehead atoms. The zero-order chi connectivity index (χ0) is 19.7. The molecule has 0 radical (unpaired) electrons. The lowest BCUT2D eigenvalue weighted by atomic mass is 9.97. The highest BCUT2D eigenvalue weighted by molar-refractivity contribution is 5.93. The van der Waals surface area contributed by atoms with Crippen LogP contribution in [-0.4, -0.2) is 38.9 Å². The van der Waals surface area contributed by atoms with Gasteiger partial charge in [0.25, 0.3) is 0 Å². The summed E-state index contributed by atoms with van der Waals surface area (Å²) in [5, 5.41) is 2.71. The second-order valence-corrected chi connectivity index (χ2v) is 6.65. The topological polar surface area (TPSA) is 86.8 Å². The van der Waals surface area contributed by atoms with Crippen molar-refractivity contribution in [2.75, 3.05) is 23.3 Å². The maximum atomic E-state index is 12.7. The molecular formula is C18H17F3N6O. The van der Waals surface area contributed by atoms with Crippen molar-refractivity contribution in [2.24, 2.45) is 5.92 Å². The number of imidazole rings is 1. The number of nitrogens with zero attached hydrogens (tertiary/aromatic N) is 4. The van der Waals surface area contributed by atoms with Crippen LogP contribution < -0.4 is 10.2 Å².